The van der Waals surface area contributed by atoms with Crippen molar-refractivity contribution in [2.45, 2.75) is 13.0 Å². The molecule has 0 radical (unpaired) electrons. The number of urea groups is 1. The third-order valence-corrected chi connectivity index (χ3v) is 0.341. The summed E-state index contributed by atoms with van der Waals surface area (Å²) in [4.78, 5) is 18.3. The van der Waals surface area contributed by atoms with Gasteiger partial charge in [0.25, 0.3) is 0 Å². The number of carboxylic acid groups (broad SMARTS) is 1. The molecule has 0 fully saturated rings. The molecule has 6 nitrogen and oxygen atoms in total. The predicted octanol–water partition coefficient (Wildman–Crippen LogP) is -5.86. The van der Waals surface area contributed by atoms with Gasteiger partial charge < -0.3 is 26.5 Å². The SMILES string of the molecule is CC(O)C(=O)[O-].NC(N)=O.[Na+]. The smallest absolute Gasteiger partial charge is 0.547 e. The number of primary amides is 2. The zero-order valence-corrected chi connectivity index (χ0v) is 8.40. The molecule has 5 N–H and O–H groups in total. The van der Waals surface area contributed by atoms with Crippen LogP contribution in [0.25, 0.3) is 0 Å². The van der Waals surface area contributed by atoms with Gasteiger partial charge in [0.2, 0.25) is 0 Å². The van der Waals surface area contributed by atoms with Gasteiger partial charge in [-0.1, -0.05) is 0 Å². The number of hydrogen-bond donors (Lipinski definition) is 3. The van der Waals surface area contributed by atoms with E-state index in [0.29, 0.717) is 0 Å². The monoisotopic (exact) mass is 172 g/mol. The van der Waals surface area contributed by atoms with Gasteiger partial charge in [0.1, 0.15) is 0 Å². The number of aliphatic hydroxyl groups is 1. The van der Waals surface area contributed by atoms with E-state index in [1.54, 1.807) is 0 Å². The molecule has 1 unspecified atom stereocenters. The van der Waals surface area contributed by atoms with Crippen LogP contribution in [-0.2, 0) is 4.79 Å². The Hall–Kier alpha value is -0.300. The molecule has 0 rings (SSSR count). The van der Waals surface area contributed by atoms with Crippen molar-refractivity contribution in [1.82, 2.24) is 0 Å². The number of nitrogens with two attached hydrogens (primary N) is 2. The fourth-order valence-electron chi connectivity index (χ4n) is 0. The van der Waals surface area contributed by atoms with Crippen LogP contribution < -0.4 is 46.1 Å². The van der Waals surface area contributed by atoms with Crippen molar-refractivity contribution in [3.05, 3.63) is 0 Å². The second kappa shape index (κ2) is 9.70. The Morgan fingerprint density at radius 2 is 1.55 bits per heavy atom. The van der Waals surface area contributed by atoms with Crippen LogP contribution in [0.1, 0.15) is 6.92 Å². The largest absolute Gasteiger partial charge is 1.00 e. The molecule has 0 aromatic carbocycles. The summed E-state index contributed by atoms with van der Waals surface area (Å²) < 4.78 is 0. The van der Waals surface area contributed by atoms with Crippen LogP contribution in [0, 0.1) is 0 Å². The molecule has 0 aliphatic heterocycles. The summed E-state index contributed by atoms with van der Waals surface area (Å²) in [6.45, 7) is 1.13. The zero-order chi connectivity index (χ0) is 8.73. The first-order chi connectivity index (χ1) is 4.37. The Balaban J connectivity index is -0.000000114. The molecule has 1 atom stereocenters. The molecule has 0 aliphatic carbocycles. The first kappa shape index (κ1) is 17.0. The summed E-state index contributed by atoms with van der Waals surface area (Å²) in [6.07, 6.45) is -1.34. The molecule has 60 valence electrons. The maximum Gasteiger partial charge on any atom is 1.00 e. The van der Waals surface area contributed by atoms with Crippen molar-refractivity contribution >= 4 is 12.0 Å². The van der Waals surface area contributed by atoms with E-state index in [9.17, 15) is 9.90 Å². The molecule has 0 bridgehead atoms. The van der Waals surface area contributed by atoms with Crippen LogP contribution in [-0.4, -0.2) is 23.2 Å². The van der Waals surface area contributed by atoms with Gasteiger partial charge in [0.05, 0.1) is 12.1 Å². The fraction of sp³-hybridized carbons (Fsp3) is 0.500. The van der Waals surface area contributed by atoms with Crippen molar-refractivity contribution in [2.75, 3.05) is 0 Å². The third-order valence-electron chi connectivity index (χ3n) is 0.341. The molecule has 0 spiro atoms. The molecule has 0 heterocycles. The molecule has 0 aromatic heterocycles. The number of hydrogen-bond acceptors (Lipinski definition) is 4. The first-order valence-corrected chi connectivity index (χ1v) is 2.31. The second-order valence-corrected chi connectivity index (χ2v) is 1.40. The average molecular weight is 172 g/mol. The molecule has 0 saturated carbocycles. The van der Waals surface area contributed by atoms with Crippen molar-refractivity contribution in [2.24, 2.45) is 11.5 Å². The number of carboxylic acids is 1. The molecule has 11 heavy (non-hydrogen) atoms. The summed E-state index contributed by atoms with van der Waals surface area (Å²) in [5.41, 5.74) is 8.50. The van der Waals surface area contributed by atoms with E-state index >= 15 is 0 Å². The second-order valence-electron chi connectivity index (χ2n) is 1.40. The minimum absolute atomic E-state index is 0. The third kappa shape index (κ3) is 42.0. The van der Waals surface area contributed by atoms with E-state index in [1.807, 2.05) is 0 Å². The standard InChI is InChI=1S/C3H6O3.CH4N2O.Na/c1-2(4)3(5)6;2-1(3)4;/h2,4H,1H3,(H,5,6);(H4,2,3,4);/q;;+1/p-1. The molecule has 2 amide bonds. The Kier molecular flexibility index (Phi) is 15.0. The minimum atomic E-state index is -1.44. The Labute approximate surface area is 85.8 Å². The topological polar surface area (TPSA) is 129 Å². The summed E-state index contributed by atoms with van der Waals surface area (Å²) in [6, 6.07) is -0.833. The number of aliphatic hydroxyl groups excluding tert-OH is 1. The van der Waals surface area contributed by atoms with Crippen LogP contribution in [0.3, 0.4) is 0 Å². The maximum atomic E-state index is 9.34. The summed E-state index contributed by atoms with van der Waals surface area (Å²) in [7, 11) is 0. The Morgan fingerprint density at radius 3 is 1.55 bits per heavy atom. The van der Waals surface area contributed by atoms with E-state index in [4.69, 9.17) is 9.90 Å². The van der Waals surface area contributed by atoms with Crippen molar-refractivity contribution in [3.8, 4) is 0 Å². The van der Waals surface area contributed by atoms with Crippen LogP contribution in [0.2, 0.25) is 0 Å². The molecule has 0 aliphatic rings. The zero-order valence-electron chi connectivity index (χ0n) is 6.40. The van der Waals surface area contributed by atoms with E-state index in [0.717, 1.165) is 6.92 Å². The van der Waals surface area contributed by atoms with Gasteiger partial charge in [-0.25, -0.2) is 4.79 Å². The van der Waals surface area contributed by atoms with Crippen molar-refractivity contribution in [1.29, 1.82) is 0 Å². The van der Waals surface area contributed by atoms with Crippen LogP contribution in [0.15, 0.2) is 0 Å². The van der Waals surface area contributed by atoms with Gasteiger partial charge in [0, 0.05) is 0 Å². The predicted molar refractivity (Wildman–Crippen MR) is 30.5 cm³/mol. The van der Waals surface area contributed by atoms with Gasteiger partial charge in [-0.05, 0) is 6.92 Å². The van der Waals surface area contributed by atoms with Crippen molar-refractivity contribution in [3.63, 3.8) is 0 Å². The quantitative estimate of drug-likeness (QED) is 0.340. The fourth-order valence-corrected chi connectivity index (χ4v) is 0. The summed E-state index contributed by atoms with van der Waals surface area (Å²) in [5, 5.41) is 17.3. The summed E-state index contributed by atoms with van der Waals surface area (Å²) in [5.74, 6) is -1.44. The van der Waals surface area contributed by atoms with Gasteiger partial charge in [0.15, 0.2) is 0 Å². The molecular weight excluding hydrogens is 163 g/mol. The number of rotatable bonds is 1. The Bertz CT molecular complexity index is 123. The number of carbonyl (C=O) groups is 2. The minimum Gasteiger partial charge on any atom is -0.547 e. The van der Waals surface area contributed by atoms with Crippen LogP contribution >= 0.6 is 0 Å². The summed E-state index contributed by atoms with van der Waals surface area (Å²) >= 11 is 0. The van der Waals surface area contributed by atoms with E-state index in [2.05, 4.69) is 11.5 Å². The normalized spacial score (nSPS) is 9.64. The molecule has 7 heteroatoms. The maximum absolute atomic E-state index is 9.34. The number of carbonyl (C=O) groups excluding carboxylic acids is 2. The molecule has 0 aromatic rings. The van der Waals surface area contributed by atoms with Crippen LogP contribution in [0.5, 0.6) is 0 Å². The Morgan fingerprint density at radius 1 is 1.45 bits per heavy atom. The average Bonchev–Trinajstić information content (AvgIpc) is 1.63. The first-order valence-electron chi connectivity index (χ1n) is 2.31. The van der Waals surface area contributed by atoms with E-state index in [-0.39, 0.29) is 29.6 Å². The number of aliphatic carboxylic acids is 1. The molecule has 0 saturated heterocycles. The van der Waals surface area contributed by atoms with Gasteiger partial charge >= 0.3 is 35.6 Å². The van der Waals surface area contributed by atoms with Crippen LogP contribution in [0.4, 0.5) is 4.79 Å². The van der Waals surface area contributed by atoms with Gasteiger partial charge in [-0.15, -0.1) is 0 Å². The number of amides is 2. The molecular formula is C4H9N2NaO4. The van der Waals surface area contributed by atoms with Crippen molar-refractivity contribution < 1.29 is 49.4 Å². The van der Waals surface area contributed by atoms with Gasteiger partial charge in [-0.2, -0.15) is 0 Å². The van der Waals surface area contributed by atoms with E-state index in [1.165, 1.54) is 0 Å². The van der Waals surface area contributed by atoms with Gasteiger partial charge in [-0.3, -0.25) is 0 Å². The van der Waals surface area contributed by atoms with E-state index < -0.39 is 18.1 Å².